The fraction of sp³-hybridized carbons (Fsp3) is 0.350. The largest absolute Gasteiger partial charge is 0.481 e. The van der Waals surface area contributed by atoms with Crippen LogP contribution in [-0.2, 0) is 15.9 Å². The quantitative estimate of drug-likeness (QED) is 0.350. The number of ether oxygens (including phenoxy) is 3. The van der Waals surface area contributed by atoms with Crippen LogP contribution in [0.25, 0.3) is 0 Å². The topological polar surface area (TPSA) is 131 Å². The van der Waals surface area contributed by atoms with Gasteiger partial charge in [-0.1, -0.05) is 13.3 Å². The molecule has 0 aliphatic carbocycles. The van der Waals surface area contributed by atoms with Gasteiger partial charge < -0.3 is 14.2 Å². The number of aryl methyl sites for hydroxylation is 1. The number of rotatable bonds is 8. The minimum atomic E-state index is -0.884. The number of nitrogens with zero attached hydrogens (tertiary/aromatic N) is 2. The SMILES string of the molecule is CCCc1cc([N+](=O)[O-])cc(F)c1O[C@@H]1COC[C@@H]1OC(=O)c1ccc([N+](=O)[O-])cc1. The summed E-state index contributed by atoms with van der Waals surface area (Å²) in [5, 5.41) is 21.7. The highest BCUT2D eigenvalue weighted by atomic mass is 19.1. The molecule has 1 heterocycles. The normalized spacial score (nSPS) is 17.9. The fourth-order valence-electron chi connectivity index (χ4n) is 3.14. The summed E-state index contributed by atoms with van der Waals surface area (Å²) in [7, 11) is 0. The molecule has 1 aliphatic rings. The number of esters is 1. The van der Waals surface area contributed by atoms with Gasteiger partial charge in [-0.3, -0.25) is 20.2 Å². The Balaban J connectivity index is 1.75. The average molecular weight is 434 g/mol. The van der Waals surface area contributed by atoms with Crippen molar-refractivity contribution in [2.24, 2.45) is 0 Å². The van der Waals surface area contributed by atoms with Crippen molar-refractivity contribution in [3.05, 3.63) is 73.6 Å². The van der Waals surface area contributed by atoms with Crippen LogP contribution in [0, 0.1) is 26.0 Å². The maximum atomic E-state index is 14.6. The molecule has 10 nitrogen and oxygen atoms in total. The van der Waals surface area contributed by atoms with E-state index in [1.807, 2.05) is 6.92 Å². The van der Waals surface area contributed by atoms with Crippen molar-refractivity contribution in [1.29, 1.82) is 0 Å². The summed E-state index contributed by atoms with van der Waals surface area (Å²) in [4.78, 5) is 32.9. The Kier molecular flexibility index (Phi) is 6.75. The van der Waals surface area contributed by atoms with Crippen molar-refractivity contribution < 1.29 is 33.2 Å². The third kappa shape index (κ3) is 5.12. The van der Waals surface area contributed by atoms with Gasteiger partial charge in [0.1, 0.15) is 0 Å². The van der Waals surface area contributed by atoms with Crippen LogP contribution >= 0.6 is 0 Å². The van der Waals surface area contributed by atoms with Gasteiger partial charge in [0.2, 0.25) is 0 Å². The molecule has 0 saturated carbocycles. The fourth-order valence-corrected chi connectivity index (χ4v) is 3.14. The van der Waals surface area contributed by atoms with Gasteiger partial charge in [-0.25, -0.2) is 9.18 Å². The zero-order valence-corrected chi connectivity index (χ0v) is 16.5. The highest BCUT2D eigenvalue weighted by Crippen LogP contribution is 2.32. The van der Waals surface area contributed by atoms with Gasteiger partial charge in [0.05, 0.1) is 34.7 Å². The lowest BCUT2D eigenvalue weighted by atomic mass is 10.1. The van der Waals surface area contributed by atoms with E-state index in [-0.39, 0.29) is 35.9 Å². The van der Waals surface area contributed by atoms with E-state index in [9.17, 15) is 29.4 Å². The van der Waals surface area contributed by atoms with Crippen LogP contribution in [-0.4, -0.2) is 41.2 Å². The molecule has 0 N–H and O–H groups in total. The first-order valence-corrected chi connectivity index (χ1v) is 9.46. The Labute approximate surface area is 175 Å². The Morgan fingerprint density at radius 2 is 1.74 bits per heavy atom. The number of nitro groups is 2. The molecule has 0 unspecified atom stereocenters. The summed E-state index contributed by atoms with van der Waals surface area (Å²) in [6.45, 7) is 1.88. The molecule has 2 aromatic rings. The van der Waals surface area contributed by atoms with Crippen LogP contribution in [0.4, 0.5) is 15.8 Å². The molecule has 1 aliphatic heterocycles. The summed E-state index contributed by atoms with van der Waals surface area (Å²) >= 11 is 0. The van der Waals surface area contributed by atoms with Crippen LogP contribution in [0.1, 0.15) is 29.3 Å². The number of halogens is 1. The third-order valence-corrected chi connectivity index (χ3v) is 4.66. The van der Waals surface area contributed by atoms with E-state index in [4.69, 9.17) is 14.2 Å². The molecule has 1 saturated heterocycles. The first kappa shape index (κ1) is 22.1. The van der Waals surface area contributed by atoms with E-state index >= 15 is 0 Å². The molecule has 0 spiro atoms. The molecule has 1 fully saturated rings. The monoisotopic (exact) mass is 434 g/mol. The number of nitro benzene ring substituents is 2. The zero-order chi connectivity index (χ0) is 22.5. The van der Waals surface area contributed by atoms with E-state index in [2.05, 4.69) is 0 Å². The Hall–Kier alpha value is -3.60. The standard InChI is InChI=1S/C20H19FN2O8/c1-2-3-13-8-15(23(27)28)9-16(21)19(13)30-17-10-29-11-18(17)31-20(24)12-4-6-14(7-5-12)22(25)26/h4-9,17-18H,2-3,10-11H2,1H3/t17-,18+/m1/s1. The van der Waals surface area contributed by atoms with Crippen LogP contribution < -0.4 is 4.74 Å². The number of hydrogen-bond donors (Lipinski definition) is 0. The van der Waals surface area contributed by atoms with Gasteiger partial charge in [0, 0.05) is 23.8 Å². The van der Waals surface area contributed by atoms with Crippen molar-refractivity contribution in [3.63, 3.8) is 0 Å². The number of non-ortho nitro benzene ring substituents is 2. The van der Waals surface area contributed by atoms with Gasteiger partial charge in [-0.15, -0.1) is 0 Å². The minimum Gasteiger partial charge on any atom is -0.481 e. The lowest BCUT2D eigenvalue weighted by molar-refractivity contribution is -0.385. The second-order valence-corrected chi connectivity index (χ2v) is 6.86. The maximum absolute atomic E-state index is 14.6. The van der Waals surface area contributed by atoms with Crippen LogP contribution in [0.5, 0.6) is 5.75 Å². The summed E-state index contributed by atoms with van der Waals surface area (Å²) < 4.78 is 31.0. The molecule has 0 amide bonds. The van der Waals surface area contributed by atoms with Gasteiger partial charge in [-0.05, 0) is 18.6 Å². The summed E-state index contributed by atoms with van der Waals surface area (Å²) in [6, 6.07) is 6.93. The van der Waals surface area contributed by atoms with Crippen molar-refractivity contribution in [3.8, 4) is 5.75 Å². The van der Waals surface area contributed by atoms with Crippen molar-refractivity contribution in [1.82, 2.24) is 0 Å². The van der Waals surface area contributed by atoms with Gasteiger partial charge in [0.25, 0.3) is 11.4 Å². The van der Waals surface area contributed by atoms with E-state index in [0.29, 0.717) is 18.4 Å². The van der Waals surface area contributed by atoms with E-state index in [1.54, 1.807) is 0 Å². The third-order valence-electron chi connectivity index (χ3n) is 4.66. The second-order valence-electron chi connectivity index (χ2n) is 6.86. The number of hydrogen-bond acceptors (Lipinski definition) is 8. The smallest absolute Gasteiger partial charge is 0.338 e. The summed E-state index contributed by atoms with van der Waals surface area (Å²) in [5.74, 6) is -1.76. The number of carbonyl (C=O) groups excluding carboxylic acids is 1. The average Bonchev–Trinajstić information content (AvgIpc) is 3.17. The first-order valence-electron chi connectivity index (χ1n) is 9.46. The first-order chi connectivity index (χ1) is 14.8. The molecule has 0 radical (unpaired) electrons. The number of benzene rings is 2. The molecule has 164 valence electrons. The van der Waals surface area contributed by atoms with Crippen molar-refractivity contribution >= 4 is 17.3 Å². The van der Waals surface area contributed by atoms with Gasteiger partial charge in [0.15, 0.2) is 23.8 Å². The zero-order valence-electron chi connectivity index (χ0n) is 16.5. The van der Waals surface area contributed by atoms with Crippen LogP contribution in [0.15, 0.2) is 36.4 Å². The highest BCUT2D eigenvalue weighted by Gasteiger charge is 2.35. The number of carbonyl (C=O) groups is 1. The second kappa shape index (κ2) is 9.47. The van der Waals surface area contributed by atoms with E-state index in [1.165, 1.54) is 30.3 Å². The highest BCUT2D eigenvalue weighted by molar-refractivity contribution is 5.89. The molecule has 3 rings (SSSR count). The van der Waals surface area contributed by atoms with Crippen molar-refractivity contribution in [2.45, 2.75) is 32.0 Å². The molecule has 0 aromatic heterocycles. The predicted molar refractivity (Wildman–Crippen MR) is 105 cm³/mol. The molecule has 31 heavy (non-hydrogen) atoms. The van der Waals surface area contributed by atoms with Crippen LogP contribution in [0.3, 0.4) is 0 Å². The molecular formula is C20H19FN2O8. The predicted octanol–water partition coefficient (Wildman–Crippen LogP) is 3.60. The van der Waals surface area contributed by atoms with Gasteiger partial charge in [-0.2, -0.15) is 0 Å². The van der Waals surface area contributed by atoms with Gasteiger partial charge >= 0.3 is 5.97 Å². The lowest BCUT2D eigenvalue weighted by Crippen LogP contribution is -2.35. The molecule has 11 heteroatoms. The molecule has 0 bridgehead atoms. The van der Waals surface area contributed by atoms with E-state index < -0.39 is 33.8 Å². The summed E-state index contributed by atoms with van der Waals surface area (Å²) in [5.41, 5.74) is -0.109. The Morgan fingerprint density at radius 3 is 2.35 bits per heavy atom. The maximum Gasteiger partial charge on any atom is 0.338 e. The lowest BCUT2D eigenvalue weighted by Gasteiger charge is -2.21. The molecule has 2 aromatic carbocycles. The minimum absolute atomic E-state index is 0.0150. The summed E-state index contributed by atoms with van der Waals surface area (Å²) in [6.07, 6.45) is -0.717. The Morgan fingerprint density at radius 1 is 1.10 bits per heavy atom. The molecular weight excluding hydrogens is 415 g/mol. The van der Waals surface area contributed by atoms with E-state index in [0.717, 1.165) is 6.07 Å². The molecule has 2 atom stereocenters. The van der Waals surface area contributed by atoms with Crippen molar-refractivity contribution in [2.75, 3.05) is 13.2 Å². The Bertz CT molecular complexity index is 995. The van der Waals surface area contributed by atoms with Crippen LogP contribution in [0.2, 0.25) is 0 Å².